The van der Waals surface area contributed by atoms with Gasteiger partial charge in [0.2, 0.25) is 0 Å². The van der Waals surface area contributed by atoms with Crippen LogP contribution in [0.4, 0.5) is 0 Å². The van der Waals surface area contributed by atoms with Crippen LogP contribution in [-0.4, -0.2) is 25.0 Å². The maximum Gasteiger partial charge on any atom is 0.169 e. The second kappa shape index (κ2) is 5.23. The molecule has 0 atom stereocenters. The first-order valence-electron chi connectivity index (χ1n) is 2.63. The van der Waals surface area contributed by atoms with Crippen molar-refractivity contribution in [2.24, 2.45) is 0 Å². The minimum absolute atomic E-state index is 0.219. The van der Waals surface area contributed by atoms with E-state index in [1.807, 2.05) is 0 Å². The molecule has 0 aliphatic rings. The Kier molecular flexibility index (Phi) is 5.28. The van der Waals surface area contributed by atoms with Crippen molar-refractivity contribution in [2.45, 2.75) is 13.3 Å². The lowest BCUT2D eigenvalue weighted by Gasteiger charge is -1.91. The molecular weight excluding hydrogens is 119 g/mol. The molecule has 0 aromatic carbocycles. The Morgan fingerprint density at radius 2 is 2.38 bits per heavy atom. The molecular formula is C5H9BOS. The van der Waals surface area contributed by atoms with E-state index in [0.717, 1.165) is 12.2 Å². The van der Waals surface area contributed by atoms with Crippen LogP contribution in [0.2, 0.25) is 0 Å². The zero-order valence-electron chi connectivity index (χ0n) is 5.02. The third-order valence-electron chi connectivity index (χ3n) is 0.593. The van der Waals surface area contributed by atoms with Crippen LogP contribution in [0.15, 0.2) is 0 Å². The zero-order valence-corrected chi connectivity index (χ0v) is 5.83. The van der Waals surface area contributed by atoms with Crippen LogP contribution in [0.3, 0.4) is 0 Å². The Hall–Kier alpha value is 0.0849. The second-order valence-electron chi connectivity index (χ2n) is 1.52. The van der Waals surface area contributed by atoms with Gasteiger partial charge < -0.3 is 4.79 Å². The average Bonchev–Trinajstić information content (AvgIpc) is 1.66. The van der Waals surface area contributed by atoms with Crippen molar-refractivity contribution in [3.05, 3.63) is 0 Å². The third kappa shape index (κ3) is 6.08. The minimum Gasteiger partial charge on any atom is -0.312 e. The number of carbonyl (C=O) groups excluding carboxylic acids is 1. The summed E-state index contributed by atoms with van der Waals surface area (Å²) < 4.78 is 0. The molecule has 0 amide bonds. The molecule has 2 radical (unpaired) electrons. The maximum absolute atomic E-state index is 10.1. The fourth-order valence-corrected chi connectivity index (χ4v) is 0.951. The SMILES string of the molecule is [B]C(=O)CSCCC. The van der Waals surface area contributed by atoms with Crippen molar-refractivity contribution in [1.29, 1.82) is 0 Å². The monoisotopic (exact) mass is 128 g/mol. The molecule has 0 aromatic rings. The summed E-state index contributed by atoms with van der Waals surface area (Å²) in [4.78, 5) is 10.1. The van der Waals surface area contributed by atoms with Gasteiger partial charge in [0.05, 0.1) is 5.68 Å². The Labute approximate surface area is 55.6 Å². The molecule has 0 aliphatic heterocycles. The number of carbonyl (C=O) groups is 1. The lowest BCUT2D eigenvalue weighted by atomic mass is 10.1. The first kappa shape index (κ1) is 8.08. The van der Waals surface area contributed by atoms with Gasteiger partial charge in [-0.2, -0.15) is 11.8 Å². The highest BCUT2D eigenvalue weighted by molar-refractivity contribution is 8.00. The molecule has 0 fully saturated rings. The molecule has 1 nitrogen and oxygen atoms in total. The molecule has 0 aliphatic carbocycles. The van der Waals surface area contributed by atoms with Crippen molar-refractivity contribution in [3.63, 3.8) is 0 Å². The molecule has 0 heterocycles. The Morgan fingerprint density at radius 1 is 1.75 bits per heavy atom. The largest absolute Gasteiger partial charge is 0.312 e. The molecule has 0 aromatic heterocycles. The van der Waals surface area contributed by atoms with E-state index in [-0.39, 0.29) is 5.68 Å². The number of hydrogen-bond donors (Lipinski definition) is 0. The summed E-state index contributed by atoms with van der Waals surface area (Å²) in [6.45, 7) is 2.08. The molecule has 0 bridgehead atoms. The van der Waals surface area contributed by atoms with E-state index in [0.29, 0.717) is 5.75 Å². The van der Waals surface area contributed by atoms with Gasteiger partial charge >= 0.3 is 0 Å². The van der Waals surface area contributed by atoms with E-state index < -0.39 is 0 Å². The minimum atomic E-state index is -0.219. The van der Waals surface area contributed by atoms with Crippen molar-refractivity contribution >= 4 is 25.3 Å². The standard InChI is InChI=1S/C5H9BOS/c1-2-3-8-4-5(6)7/h2-4H2,1H3. The van der Waals surface area contributed by atoms with E-state index in [1.54, 1.807) is 11.8 Å². The molecule has 0 rings (SSSR count). The van der Waals surface area contributed by atoms with E-state index in [4.69, 9.17) is 7.85 Å². The molecule has 0 unspecified atom stereocenters. The van der Waals surface area contributed by atoms with Crippen molar-refractivity contribution in [2.75, 3.05) is 11.5 Å². The summed E-state index contributed by atoms with van der Waals surface area (Å²) in [6, 6.07) is 0. The third-order valence-corrected chi connectivity index (χ3v) is 1.78. The quantitative estimate of drug-likeness (QED) is 0.412. The van der Waals surface area contributed by atoms with Gasteiger partial charge in [0.15, 0.2) is 7.85 Å². The second-order valence-corrected chi connectivity index (χ2v) is 2.62. The van der Waals surface area contributed by atoms with Crippen molar-refractivity contribution < 1.29 is 4.79 Å². The van der Waals surface area contributed by atoms with Crippen molar-refractivity contribution in [1.82, 2.24) is 0 Å². The summed E-state index contributed by atoms with van der Waals surface area (Å²) in [5.74, 6) is 1.50. The van der Waals surface area contributed by atoms with Gasteiger partial charge in [-0.05, 0) is 12.2 Å². The van der Waals surface area contributed by atoms with Crippen LogP contribution >= 0.6 is 11.8 Å². The maximum atomic E-state index is 10.1. The van der Waals surface area contributed by atoms with Gasteiger partial charge in [0.25, 0.3) is 0 Å². The highest BCUT2D eigenvalue weighted by atomic mass is 32.2. The molecule has 8 heavy (non-hydrogen) atoms. The van der Waals surface area contributed by atoms with Crippen molar-refractivity contribution in [3.8, 4) is 0 Å². The Balaban J connectivity index is 2.82. The van der Waals surface area contributed by atoms with Crippen LogP contribution in [0.1, 0.15) is 13.3 Å². The Morgan fingerprint density at radius 3 is 2.75 bits per heavy atom. The van der Waals surface area contributed by atoms with Crippen LogP contribution < -0.4 is 0 Å². The molecule has 0 saturated heterocycles. The lowest BCUT2D eigenvalue weighted by molar-refractivity contribution is -0.109. The van der Waals surface area contributed by atoms with Gasteiger partial charge in [-0.25, -0.2) is 0 Å². The molecule has 3 heteroatoms. The average molecular weight is 128 g/mol. The first-order chi connectivity index (χ1) is 3.77. The van der Waals surface area contributed by atoms with Crippen LogP contribution in [-0.2, 0) is 4.79 Å². The number of rotatable bonds is 4. The van der Waals surface area contributed by atoms with E-state index >= 15 is 0 Å². The number of hydrogen-bond acceptors (Lipinski definition) is 2. The first-order valence-corrected chi connectivity index (χ1v) is 3.79. The summed E-state index contributed by atoms with van der Waals surface area (Å²) in [6.07, 6.45) is 1.11. The molecule has 0 N–H and O–H groups in total. The lowest BCUT2D eigenvalue weighted by Crippen LogP contribution is -1.99. The normalized spacial score (nSPS) is 9.12. The molecule has 0 saturated carbocycles. The van der Waals surface area contributed by atoms with Crippen LogP contribution in [0, 0.1) is 0 Å². The summed E-state index contributed by atoms with van der Waals surface area (Å²) in [7, 11) is 4.87. The zero-order chi connectivity index (χ0) is 6.41. The van der Waals surface area contributed by atoms with Gasteiger partial charge in [0, 0.05) is 5.75 Å². The fraction of sp³-hybridized carbons (Fsp3) is 0.800. The van der Waals surface area contributed by atoms with Crippen LogP contribution in [0.25, 0.3) is 0 Å². The highest BCUT2D eigenvalue weighted by Gasteiger charge is 1.89. The predicted molar refractivity (Wildman–Crippen MR) is 38.4 cm³/mol. The van der Waals surface area contributed by atoms with E-state index in [1.165, 1.54) is 0 Å². The fourth-order valence-electron chi connectivity index (χ4n) is 0.317. The predicted octanol–water partition coefficient (Wildman–Crippen LogP) is 0.825. The summed E-state index contributed by atoms with van der Waals surface area (Å²) >= 11 is 1.59. The smallest absolute Gasteiger partial charge is 0.169 e. The topological polar surface area (TPSA) is 17.1 Å². The van der Waals surface area contributed by atoms with Gasteiger partial charge in [-0.1, -0.05) is 6.92 Å². The highest BCUT2D eigenvalue weighted by Crippen LogP contribution is 1.99. The Bertz CT molecular complexity index is 74.8. The number of thioether (sulfide) groups is 1. The molecule has 44 valence electrons. The summed E-state index contributed by atoms with van der Waals surface area (Å²) in [5.41, 5.74) is -0.219. The summed E-state index contributed by atoms with van der Waals surface area (Å²) in [5, 5.41) is 0. The van der Waals surface area contributed by atoms with Gasteiger partial charge in [-0.3, -0.25) is 0 Å². The van der Waals surface area contributed by atoms with E-state index in [9.17, 15) is 4.79 Å². The van der Waals surface area contributed by atoms with Gasteiger partial charge in [-0.15, -0.1) is 0 Å². The van der Waals surface area contributed by atoms with Crippen LogP contribution in [0.5, 0.6) is 0 Å². The van der Waals surface area contributed by atoms with E-state index in [2.05, 4.69) is 6.92 Å². The van der Waals surface area contributed by atoms with Gasteiger partial charge in [0.1, 0.15) is 0 Å². The molecule has 0 spiro atoms.